The monoisotopic (exact) mass is 310 g/mol. The second-order valence-corrected chi connectivity index (χ2v) is 4.95. The third-order valence-electron chi connectivity index (χ3n) is 3.14. The number of alkyl halides is 3. The van der Waals surface area contributed by atoms with E-state index in [1.807, 2.05) is 13.8 Å². The van der Waals surface area contributed by atoms with Gasteiger partial charge in [-0.1, -0.05) is 13.0 Å². The summed E-state index contributed by atoms with van der Waals surface area (Å²) in [6.45, 7) is 4.06. The van der Waals surface area contributed by atoms with Crippen LogP contribution in [-0.2, 0) is 6.18 Å². The summed E-state index contributed by atoms with van der Waals surface area (Å²) in [6, 6.07) is 6.89. The number of hydrogen-bond acceptors (Lipinski definition) is 4. The molecule has 0 spiro atoms. The predicted molar refractivity (Wildman–Crippen MR) is 80.1 cm³/mol. The highest BCUT2D eigenvalue weighted by molar-refractivity contribution is 5.59. The molecule has 118 valence electrons. The average Bonchev–Trinajstić information content (AvgIpc) is 2.47. The van der Waals surface area contributed by atoms with Crippen molar-refractivity contribution in [3.8, 4) is 0 Å². The first-order valence-corrected chi connectivity index (χ1v) is 6.91. The highest BCUT2D eigenvalue weighted by Crippen LogP contribution is 2.31. The normalized spacial score (nSPS) is 12.8. The van der Waals surface area contributed by atoms with Gasteiger partial charge in [0.15, 0.2) is 0 Å². The van der Waals surface area contributed by atoms with Crippen molar-refractivity contribution < 1.29 is 13.2 Å². The Kier molecular flexibility index (Phi) is 4.85. The summed E-state index contributed by atoms with van der Waals surface area (Å²) < 4.78 is 38.1. The minimum atomic E-state index is -4.37. The van der Waals surface area contributed by atoms with Crippen LogP contribution in [0.2, 0.25) is 0 Å². The maximum Gasteiger partial charge on any atom is 0.416 e. The van der Waals surface area contributed by atoms with Crippen molar-refractivity contribution in [2.24, 2.45) is 0 Å². The molecule has 0 bridgehead atoms. The van der Waals surface area contributed by atoms with Crippen LogP contribution in [0.5, 0.6) is 0 Å². The van der Waals surface area contributed by atoms with Gasteiger partial charge in [0, 0.05) is 17.8 Å². The van der Waals surface area contributed by atoms with Crippen LogP contribution in [0.1, 0.15) is 25.8 Å². The highest BCUT2D eigenvalue weighted by atomic mass is 19.4. The summed E-state index contributed by atoms with van der Waals surface area (Å²) in [5.74, 6) is 1.05. The molecule has 2 aromatic rings. The Balaban J connectivity index is 2.15. The Hall–Kier alpha value is -2.31. The molecule has 0 amide bonds. The van der Waals surface area contributed by atoms with Crippen LogP contribution in [-0.4, -0.2) is 16.0 Å². The third-order valence-corrected chi connectivity index (χ3v) is 3.14. The fourth-order valence-electron chi connectivity index (χ4n) is 1.78. The van der Waals surface area contributed by atoms with Crippen molar-refractivity contribution in [2.75, 3.05) is 10.6 Å². The Morgan fingerprint density at radius 2 is 1.86 bits per heavy atom. The number of nitrogens with one attached hydrogen (secondary N) is 2. The molecule has 1 aromatic carbocycles. The van der Waals surface area contributed by atoms with E-state index < -0.39 is 11.7 Å². The minimum Gasteiger partial charge on any atom is -0.367 e. The van der Waals surface area contributed by atoms with Crippen molar-refractivity contribution in [1.82, 2.24) is 9.97 Å². The van der Waals surface area contributed by atoms with Gasteiger partial charge in [-0.15, -0.1) is 0 Å². The second kappa shape index (κ2) is 6.64. The molecule has 4 nitrogen and oxygen atoms in total. The zero-order chi connectivity index (χ0) is 16.2. The first-order valence-electron chi connectivity index (χ1n) is 6.91. The highest BCUT2D eigenvalue weighted by Gasteiger charge is 2.30. The largest absolute Gasteiger partial charge is 0.416 e. The third kappa shape index (κ3) is 4.34. The van der Waals surface area contributed by atoms with E-state index in [1.54, 1.807) is 12.1 Å². The van der Waals surface area contributed by atoms with Crippen LogP contribution in [0.4, 0.5) is 30.5 Å². The number of hydrogen-bond donors (Lipinski definition) is 2. The van der Waals surface area contributed by atoms with Crippen molar-refractivity contribution in [3.05, 3.63) is 42.2 Å². The zero-order valence-electron chi connectivity index (χ0n) is 12.3. The van der Waals surface area contributed by atoms with Gasteiger partial charge in [0.25, 0.3) is 0 Å². The van der Waals surface area contributed by atoms with Gasteiger partial charge in [0.1, 0.15) is 18.0 Å². The van der Waals surface area contributed by atoms with E-state index in [-0.39, 0.29) is 6.04 Å². The fourth-order valence-corrected chi connectivity index (χ4v) is 1.78. The molecule has 2 N–H and O–H groups in total. The van der Waals surface area contributed by atoms with Gasteiger partial charge >= 0.3 is 6.18 Å². The maximum absolute atomic E-state index is 12.7. The molecule has 7 heteroatoms. The molecule has 0 aliphatic heterocycles. The molecule has 0 fully saturated rings. The van der Waals surface area contributed by atoms with Crippen LogP contribution in [0.15, 0.2) is 36.7 Å². The van der Waals surface area contributed by atoms with E-state index in [4.69, 9.17) is 0 Å². The molecule has 0 aliphatic carbocycles. The summed E-state index contributed by atoms with van der Waals surface area (Å²) in [7, 11) is 0. The topological polar surface area (TPSA) is 49.8 Å². The molecule has 1 aromatic heterocycles. The molecule has 0 saturated carbocycles. The quantitative estimate of drug-likeness (QED) is 0.856. The van der Waals surface area contributed by atoms with Gasteiger partial charge in [-0.2, -0.15) is 13.2 Å². The second-order valence-electron chi connectivity index (χ2n) is 4.95. The molecule has 0 saturated heterocycles. The van der Waals surface area contributed by atoms with Gasteiger partial charge in [-0.05, 0) is 31.5 Å². The summed E-state index contributed by atoms with van der Waals surface area (Å²) in [5, 5.41) is 6.04. The zero-order valence-corrected chi connectivity index (χ0v) is 12.3. The molecule has 0 radical (unpaired) electrons. The molecule has 1 atom stereocenters. The molecular formula is C15H17F3N4. The lowest BCUT2D eigenvalue weighted by molar-refractivity contribution is -0.137. The summed E-state index contributed by atoms with van der Waals surface area (Å²) in [5.41, 5.74) is -0.382. The molecule has 22 heavy (non-hydrogen) atoms. The van der Waals surface area contributed by atoms with Crippen molar-refractivity contribution in [2.45, 2.75) is 32.5 Å². The van der Waals surface area contributed by atoms with E-state index in [0.717, 1.165) is 18.6 Å². The molecule has 1 unspecified atom stereocenters. The van der Waals surface area contributed by atoms with Gasteiger partial charge in [0.05, 0.1) is 5.56 Å². The predicted octanol–water partition coefficient (Wildman–Crippen LogP) is 4.45. The van der Waals surface area contributed by atoms with Crippen molar-refractivity contribution >= 4 is 17.3 Å². The van der Waals surface area contributed by atoms with Gasteiger partial charge in [0.2, 0.25) is 0 Å². The average molecular weight is 310 g/mol. The van der Waals surface area contributed by atoms with Gasteiger partial charge < -0.3 is 10.6 Å². The Labute approximate surface area is 126 Å². The SMILES string of the molecule is CCC(C)Nc1cc(Nc2cccc(C(F)(F)F)c2)ncn1. The molecule has 0 aliphatic rings. The van der Waals surface area contributed by atoms with Crippen molar-refractivity contribution in [1.29, 1.82) is 0 Å². The summed E-state index contributed by atoms with van der Waals surface area (Å²) in [4.78, 5) is 8.10. The molecule has 2 rings (SSSR count). The summed E-state index contributed by atoms with van der Waals surface area (Å²) >= 11 is 0. The van der Waals surface area contributed by atoms with Crippen LogP contribution in [0, 0.1) is 0 Å². The molecular weight excluding hydrogens is 293 g/mol. The number of halogens is 3. The summed E-state index contributed by atoms with van der Waals surface area (Å²) in [6.07, 6.45) is -2.08. The van der Waals surface area contributed by atoms with Crippen LogP contribution < -0.4 is 10.6 Å². The molecule has 1 heterocycles. The van der Waals surface area contributed by atoms with E-state index in [2.05, 4.69) is 20.6 Å². The smallest absolute Gasteiger partial charge is 0.367 e. The Morgan fingerprint density at radius 1 is 1.14 bits per heavy atom. The first kappa shape index (κ1) is 16.1. The number of rotatable bonds is 5. The number of nitrogens with zero attached hydrogens (tertiary/aromatic N) is 2. The Morgan fingerprint density at radius 3 is 2.55 bits per heavy atom. The fraction of sp³-hybridized carbons (Fsp3) is 0.333. The lowest BCUT2D eigenvalue weighted by Crippen LogP contribution is -2.14. The number of anilines is 3. The van der Waals surface area contributed by atoms with Crippen LogP contribution >= 0.6 is 0 Å². The number of aromatic nitrogens is 2. The number of benzene rings is 1. The van der Waals surface area contributed by atoms with Crippen LogP contribution in [0.25, 0.3) is 0 Å². The van der Waals surface area contributed by atoms with Gasteiger partial charge in [-0.25, -0.2) is 9.97 Å². The van der Waals surface area contributed by atoms with Crippen LogP contribution in [0.3, 0.4) is 0 Å². The van der Waals surface area contributed by atoms with E-state index >= 15 is 0 Å². The van der Waals surface area contributed by atoms with E-state index in [1.165, 1.54) is 12.4 Å². The lowest BCUT2D eigenvalue weighted by Gasteiger charge is -2.13. The minimum absolute atomic E-state index is 0.247. The van der Waals surface area contributed by atoms with E-state index in [0.29, 0.717) is 17.3 Å². The standard InChI is InChI=1S/C15H17F3N4/c1-3-10(2)21-13-8-14(20-9-19-13)22-12-6-4-5-11(7-12)15(16,17)18/h4-10H,3H2,1-2H3,(H2,19,20,21,22). The van der Waals surface area contributed by atoms with E-state index in [9.17, 15) is 13.2 Å². The first-order chi connectivity index (χ1) is 10.4. The van der Waals surface area contributed by atoms with Crippen molar-refractivity contribution in [3.63, 3.8) is 0 Å². The lowest BCUT2D eigenvalue weighted by atomic mass is 10.2. The maximum atomic E-state index is 12.7. The van der Waals surface area contributed by atoms with Gasteiger partial charge in [-0.3, -0.25) is 0 Å². The Bertz CT molecular complexity index is 628.